The zero-order valence-electron chi connectivity index (χ0n) is 14.5. The van der Waals surface area contributed by atoms with Crippen molar-refractivity contribution in [3.63, 3.8) is 0 Å². The predicted octanol–water partition coefficient (Wildman–Crippen LogP) is 4.17. The third-order valence-corrected chi connectivity index (χ3v) is 5.01. The lowest BCUT2D eigenvalue weighted by Gasteiger charge is -2.06. The van der Waals surface area contributed by atoms with Gasteiger partial charge in [0.25, 0.3) is 0 Å². The maximum Gasteiger partial charge on any atom is 0.224 e. The van der Waals surface area contributed by atoms with E-state index < -0.39 is 0 Å². The van der Waals surface area contributed by atoms with Gasteiger partial charge in [0.05, 0.1) is 19.8 Å². The summed E-state index contributed by atoms with van der Waals surface area (Å²) in [6.45, 7) is 0.543. The van der Waals surface area contributed by atoms with Crippen molar-refractivity contribution in [2.45, 2.75) is 12.2 Å². The summed E-state index contributed by atoms with van der Waals surface area (Å²) in [4.78, 5) is 12.1. The van der Waals surface area contributed by atoms with Gasteiger partial charge in [-0.3, -0.25) is 4.79 Å². The van der Waals surface area contributed by atoms with Crippen molar-refractivity contribution < 1.29 is 18.3 Å². The van der Waals surface area contributed by atoms with Gasteiger partial charge in [0.15, 0.2) is 0 Å². The number of benzene rings is 2. The van der Waals surface area contributed by atoms with Crippen molar-refractivity contribution in [2.24, 2.45) is 0 Å². The first-order valence-electron chi connectivity index (χ1n) is 8.29. The summed E-state index contributed by atoms with van der Waals surface area (Å²) in [5, 5.41) is 3.80. The van der Waals surface area contributed by atoms with Crippen molar-refractivity contribution in [1.29, 1.82) is 0 Å². The van der Waals surface area contributed by atoms with Crippen LogP contribution < -0.4 is 10.1 Å². The molecule has 0 aliphatic carbocycles. The second-order valence-corrected chi connectivity index (χ2v) is 6.90. The first-order valence-corrected chi connectivity index (χ1v) is 9.45. The van der Waals surface area contributed by atoms with Gasteiger partial charge >= 0.3 is 0 Å². The van der Waals surface area contributed by atoms with E-state index in [0.717, 1.165) is 22.5 Å². The zero-order chi connectivity index (χ0) is 18.4. The van der Waals surface area contributed by atoms with Crippen LogP contribution in [0.25, 0.3) is 11.0 Å². The fourth-order valence-electron chi connectivity index (χ4n) is 2.62. The average Bonchev–Trinajstić information content (AvgIpc) is 3.04. The van der Waals surface area contributed by atoms with E-state index in [2.05, 4.69) is 5.32 Å². The van der Waals surface area contributed by atoms with Crippen LogP contribution in [0, 0.1) is 5.82 Å². The lowest BCUT2D eigenvalue weighted by Crippen LogP contribution is -2.27. The van der Waals surface area contributed by atoms with Crippen molar-refractivity contribution >= 4 is 28.6 Å². The van der Waals surface area contributed by atoms with E-state index in [0.29, 0.717) is 23.4 Å². The molecule has 0 atom stereocenters. The molecule has 2 aromatic carbocycles. The van der Waals surface area contributed by atoms with Crippen molar-refractivity contribution in [3.8, 4) is 5.75 Å². The number of hydrogen-bond acceptors (Lipinski definition) is 4. The summed E-state index contributed by atoms with van der Waals surface area (Å²) in [5.74, 6) is 1.79. The summed E-state index contributed by atoms with van der Waals surface area (Å²) in [5.41, 5.74) is 2.23. The Labute approximate surface area is 155 Å². The molecule has 6 heteroatoms. The Balaban J connectivity index is 1.44. The molecule has 0 fully saturated rings. The van der Waals surface area contributed by atoms with E-state index >= 15 is 0 Å². The Hall–Kier alpha value is -2.47. The molecule has 0 saturated heterocycles. The van der Waals surface area contributed by atoms with Crippen molar-refractivity contribution in [2.75, 3.05) is 19.4 Å². The van der Waals surface area contributed by atoms with Crippen LogP contribution in [-0.2, 0) is 17.0 Å². The molecule has 1 aromatic heterocycles. The summed E-state index contributed by atoms with van der Waals surface area (Å²) < 4.78 is 24.2. The van der Waals surface area contributed by atoms with E-state index in [1.165, 1.54) is 6.07 Å². The lowest BCUT2D eigenvalue weighted by atomic mass is 10.1. The molecule has 1 N–H and O–H groups in total. The number of nitrogens with one attached hydrogen (secondary N) is 1. The molecule has 0 unspecified atom stereocenters. The van der Waals surface area contributed by atoms with Crippen LogP contribution in [0.1, 0.15) is 11.1 Å². The Kier molecular flexibility index (Phi) is 6.17. The van der Waals surface area contributed by atoms with E-state index in [-0.39, 0.29) is 18.1 Å². The van der Waals surface area contributed by atoms with Gasteiger partial charge in [-0.15, -0.1) is 0 Å². The van der Waals surface area contributed by atoms with Gasteiger partial charge in [-0.1, -0.05) is 18.2 Å². The quantitative estimate of drug-likeness (QED) is 0.602. The SMILES string of the molecule is COc1ccc2c(CC(=O)NCCSCc3ccccc3F)coc2c1. The number of hydrogen-bond donors (Lipinski definition) is 1. The standard InChI is InChI=1S/C20H20FNO3S/c1-24-16-6-7-17-15(12-25-19(17)11-16)10-20(23)22-8-9-26-13-14-4-2-3-5-18(14)21/h2-7,11-12H,8-10,13H2,1H3,(H,22,23). The number of carbonyl (C=O) groups is 1. The van der Waals surface area contributed by atoms with Crippen LogP contribution in [0.3, 0.4) is 0 Å². The Morgan fingerprint density at radius 3 is 2.88 bits per heavy atom. The third kappa shape index (κ3) is 4.58. The molecule has 136 valence electrons. The van der Waals surface area contributed by atoms with Crippen LogP contribution in [0.2, 0.25) is 0 Å². The van der Waals surface area contributed by atoms with Crippen LogP contribution in [0.4, 0.5) is 4.39 Å². The van der Waals surface area contributed by atoms with Crippen molar-refractivity contribution in [1.82, 2.24) is 5.32 Å². The molecular weight excluding hydrogens is 353 g/mol. The number of halogens is 1. The van der Waals surface area contributed by atoms with Gasteiger partial charge in [-0.25, -0.2) is 4.39 Å². The van der Waals surface area contributed by atoms with Gasteiger partial charge in [0, 0.05) is 35.1 Å². The molecule has 0 spiro atoms. The number of furan rings is 1. The van der Waals surface area contributed by atoms with E-state index in [4.69, 9.17) is 9.15 Å². The highest BCUT2D eigenvalue weighted by molar-refractivity contribution is 7.98. The van der Waals surface area contributed by atoms with Crippen molar-refractivity contribution in [3.05, 3.63) is 65.7 Å². The lowest BCUT2D eigenvalue weighted by molar-refractivity contribution is -0.120. The summed E-state index contributed by atoms with van der Waals surface area (Å²) >= 11 is 1.59. The van der Waals surface area contributed by atoms with Gasteiger partial charge < -0.3 is 14.5 Å². The second-order valence-electron chi connectivity index (χ2n) is 5.79. The largest absolute Gasteiger partial charge is 0.497 e. The minimum Gasteiger partial charge on any atom is -0.497 e. The number of methoxy groups -OCH3 is 1. The topological polar surface area (TPSA) is 51.5 Å². The maximum absolute atomic E-state index is 13.5. The average molecular weight is 373 g/mol. The number of carbonyl (C=O) groups excluding carboxylic acids is 1. The first kappa shape index (κ1) is 18.3. The molecule has 3 rings (SSSR count). The van der Waals surface area contributed by atoms with Gasteiger partial charge in [0.2, 0.25) is 5.91 Å². The van der Waals surface area contributed by atoms with Crippen LogP contribution in [0.5, 0.6) is 5.75 Å². The molecule has 0 aliphatic heterocycles. The summed E-state index contributed by atoms with van der Waals surface area (Å²) in [7, 11) is 1.60. The number of amides is 1. The molecular formula is C20H20FNO3S. The molecule has 26 heavy (non-hydrogen) atoms. The molecule has 4 nitrogen and oxygen atoms in total. The van der Waals surface area contributed by atoms with Crippen LogP contribution in [-0.4, -0.2) is 25.3 Å². The summed E-state index contributed by atoms with van der Waals surface area (Å²) in [6, 6.07) is 12.3. The monoisotopic (exact) mass is 373 g/mol. The van der Waals surface area contributed by atoms with Gasteiger partial charge in [-0.2, -0.15) is 11.8 Å². The molecule has 0 saturated carbocycles. The Bertz CT molecular complexity index is 894. The van der Waals surface area contributed by atoms with Crippen LogP contribution >= 0.6 is 11.8 Å². The van der Waals surface area contributed by atoms with E-state index in [9.17, 15) is 9.18 Å². The maximum atomic E-state index is 13.5. The fraction of sp³-hybridized carbons (Fsp3) is 0.250. The summed E-state index contributed by atoms with van der Waals surface area (Å²) in [6.07, 6.45) is 1.87. The highest BCUT2D eigenvalue weighted by atomic mass is 32.2. The number of thioether (sulfide) groups is 1. The molecule has 1 heterocycles. The minimum absolute atomic E-state index is 0.0602. The van der Waals surface area contributed by atoms with Gasteiger partial charge in [0.1, 0.15) is 17.1 Å². The molecule has 0 aliphatic rings. The predicted molar refractivity (Wildman–Crippen MR) is 102 cm³/mol. The highest BCUT2D eigenvalue weighted by Gasteiger charge is 2.11. The number of ether oxygens (including phenoxy) is 1. The third-order valence-electron chi connectivity index (χ3n) is 4.00. The van der Waals surface area contributed by atoms with E-state index in [1.54, 1.807) is 43.3 Å². The molecule has 3 aromatic rings. The number of fused-ring (bicyclic) bond motifs is 1. The normalized spacial score (nSPS) is 10.8. The van der Waals surface area contributed by atoms with E-state index in [1.807, 2.05) is 18.2 Å². The molecule has 1 amide bonds. The fourth-order valence-corrected chi connectivity index (χ4v) is 3.47. The molecule has 0 bridgehead atoms. The smallest absolute Gasteiger partial charge is 0.224 e. The van der Waals surface area contributed by atoms with Crippen LogP contribution in [0.15, 0.2) is 53.1 Å². The number of rotatable bonds is 8. The highest BCUT2D eigenvalue weighted by Crippen LogP contribution is 2.25. The zero-order valence-corrected chi connectivity index (χ0v) is 15.3. The first-order chi connectivity index (χ1) is 12.7. The van der Waals surface area contributed by atoms with Gasteiger partial charge in [-0.05, 0) is 23.8 Å². The minimum atomic E-state index is -0.187. The second kappa shape index (κ2) is 8.76. The molecule has 0 radical (unpaired) electrons. The Morgan fingerprint density at radius 2 is 2.08 bits per heavy atom. The Morgan fingerprint density at radius 1 is 1.23 bits per heavy atom.